The van der Waals surface area contributed by atoms with Crippen LogP contribution in [0.2, 0.25) is 0 Å². The first-order valence-electron chi connectivity index (χ1n) is 8.06. The molecule has 0 unspecified atom stereocenters. The van der Waals surface area contributed by atoms with Gasteiger partial charge in [-0.1, -0.05) is 13.0 Å². The summed E-state index contributed by atoms with van der Waals surface area (Å²) in [6, 6.07) is 3.96. The largest absolute Gasteiger partial charge is 0.481 e. The number of aromatic nitrogens is 2. The van der Waals surface area contributed by atoms with Crippen molar-refractivity contribution in [2.24, 2.45) is 5.41 Å². The van der Waals surface area contributed by atoms with Crippen molar-refractivity contribution in [1.29, 1.82) is 0 Å². The third-order valence-corrected chi connectivity index (χ3v) is 6.17. The van der Waals surface area contributed by atoms with E-state index >= 15 is 0 Å². The Balaban J connectivity index is 2.31. The number of carbonyl (C=O) groups is 1. The number of carboxylic acids is 1. The number of hydrogen-bond donors (Lipinski definition) is 1. The molecule has 0 aliphatic rings. The summed E-state index contributed by atoms with van der Waals surface area (Å²) in [7, 11) is 0. The zero-order chi connectivity index (χ0) is 18.4. The molecular formula is C18H20N2O3S2. The van der Waals surface area contributed by atoms with Crippen molar-refractivity contribution in [2.75, 3.05) is 0 Å². The second kappa shape index (κ2) is 6.38. The van der Waals surface area contributed by atoms with Gasteiger partial charge in [-0.3, -0.25) is 14.2 Å². The third kappa shape index (κ3) is 3.02. The molecule has 0 spiro atoms. The van der Waals surface area contributed by atoms with Crippen LogP contribution in [0.25, 0.3) is 20.7 Å². The fourth-order valence-electron chi connectivity index (χ4n) is 2.85. The normalized spacial score (nSPS) is 12.0. The summed E-state index contributed by atoms with van der Waals surface area (Å²) in [6.07, 6.45) is 0.576. The Morgan fingerprint density at radius 3 is 2.68 bits per heavy atom. The van der Waals surface area contributed by atoms with Crippen LogP contribution in [0.5, 0.6) is 0 Å². The van der Waals surface area contributed by atoms with Gasteiger partial charge in [-0.2, -0.15) is 0 Å². The van der Waals surface area contributed by atoms with E-state index in [1.807, 2.05) is 31.4 Å². The fraction of sp³-hybridized carbons (Fsp3) is 0.389. The zero-order valence-electron chi connectivity index (χ0n) is 14.6. The van der Waals surface area contributed by atoms with Crippen molar-refractivity contribution in [3.8, 4) is 10.4 Å². The molecule has 5 nitrogen and oxygen atoms in total. The summed E-state index contributed by atoms with van der Waals surface area (Å²) in [4.78, 5) is 32.3. The maximum atomic E-state index is 13.3. The predicted octanol–water partition coefficient (Wildman–Crippen LogP) is 4.17. The van der Waals surface area contributed by atoms with Gasteiger partial charge >= 0.3 is 5.97 Å². The van der Waals surface area contributed by atoms with Gasteiger partial charge in [0.2, 0.25) is 0 Å². The fourth-order valence-corrected chi connectivity index (χ4v) is 4.80. The molecule has 25 heavy (non-hydrogen) atoms. The van der Waals surface area contributed by atoms with Crippen molar-refractivity contribution in [3.05, 3.63) is 38.6 Å². The molecule has 0 radical (unpaired) electrons. The topological polar surface area (TPSA) is 72.2 Å². The van der Waals surface area contributed by atoms with E-state index in [2.05, 4.69) is 4.98 Å². The molecule has 3 aromatic heterocycles. The molecule has 132 valence electrons. The summed E-state index contributed by atoms with van der Waals surface area (Å²) < 4.78 is 1.54. The van der Waals surface area contributed by atoms with Crippen LogP contribution in [0.4, 0.5) is 0 Å². The SMILES string of the molecule is CCc1nc2sc(C)c(-c3cccs3)c2c(=O)n1CC(C)(C)C(=O)O. The summed E-state index contributed by atoms with van der Waals surface area (Å²) in [6.45, 7) is 7.29. The monoisotopic (exact) mass is 376 g/mol. The molecule has 0 fully saturated rings. The van der Waals surface area contributed by atoms with Crippen LogP contribution in [-0.2, 0) is 17.8 Å². The maximum Gasteiger partial charge on any atom is 0.310 e. The van der Waals surface area contributed by atoms with Crippen molar-refractivity contribution in [1.82, 2.24) is 9.55 Å². The first kappa shape index (κ1) is 17.8. The first-order chi connectivity index (χ1) is 11.8. The summed E-state index contributed by atoms with van der Waals surface area (Å²) in [5.74, 6) is -0.299. The van der Waals surface area contributed by atoms with Crippen molar-refractivity contribution in [2.45, 2.75) is 40.7 Å². The van der Waals surface area contributed by atoms with Crippen molar-refractivity contribution < 1.29 is 9.90 Å². The van der Waals surface area contributed by atoms with Gasteiger partial charge in [0.25, 0.3) is 5.56 Å². The first-order valence-corrected chi connectivity index (χ1v) is 9.76. The lowest BCUT2D eigenvalue weighted by Crippen LogP contribution is -2.36. The number of carboxylic acid groups (broad SMARTS) is 1. The minimum absolute atomic E-state index is 0.103. The van der Waals surface area contributed by atoms with Crippen LogP contribution in [0, 0.1) is 12.3 Å². The van der Waals surface area contributed by atoms with E-state index in [1.165, 1.54) is 11.3 Å². The van der Waals surface area contributed by atoms with Gasteiger partial charge in [0.1, 0.15) is 10.7 Å². The van der Waals surface area contributed by atoms with E-state index in [0.717, 1.165) is 20.1 Å². The Labute approximate surface area is 153 Å². The summed E-state index contributed by atoms with van der Waals surface area (Å²) in [5.41, 5.74) is -0.266. The summed E-state index contributed by atoms with van der Waals surface area (Å²) in [5, 5.41) is 12.0. The molecule has 3 rings (SSSR count). The van der Waals surface area contributed by atoms with Crippen LogP contribution >= 0.6 is 22.7 Å². The van der Waals surface area contributed by atoms with Gasteiger partial charge in [-0.15, -0.1) is 22.7 Å². The van der Waals surface area contributed by atoms with Crippen LogP contribution < -0.4 is 5.56 Å². The molecule has 1 N–H and O–H groups in total. The quantitative estimate of drug-likeness (QED) is 0.725. The number of fused-ring (bicyclic) bond motifs is 1. The van der Waals surface area contributed by atoms with Crippen molar-refractivity contribution >= 4 is 38.9 Å². The number of aliphatic carboxylic acids is 1. The molecule has 3 heterocycles. The van der Waals surface area contributed by atoms with Crippen LogP contribution in [0.1, 0.15) is 31.5 Å². The maximum absolute atomic E-state index is 13.3. The average Bonchev–Trinajstić information content (AvgIpc) is 3.16. The Bertz CT molecular complexity index is 998. The lowest BCUT2D eigenvalue weighted by molar-refractivity contribution is -0.147. The highest BCUT2D eigenvalue weighted by molar-refractivity contribution is 7.20. The smallest absolute Gasteiger partial charge is 0.310 e. The van der Waals surface area contributed by atoms with E-state index in [0.29, 0.717) is 17.6 Å². The number of thiophene rings is 2. The minimum Gasteiger partial charge on any atom is -0.481 e. The van der Waals surface area contributed by atoms with Gasteiger partial charge in [-0.25, -0.2) is 4.98 Å². The van der Waals surface area contributed by atoms with Gasteiger partial charge in [0, 0.05) is 28.3 Å². The number of rotatable bonds is 5. The average molecular weight is 377 g/mol. The Morgan fingerprint density at radius 2 is 2.12 bits per heavy atom. The van der Waals surface area contributed by atoms with E-state index in [4.69, 9.17) is 0 Å². The summed E-state index contributed by atoms with van der Waals surface area (Å²) >= 11 is 3.11. The van der Waals surface area contributed by atoms with Gasteiger partial charge in [0.05, 0.1) is 10.8 Å². The molecule has 0 saturated heterocycles. The zero-order valence-corrected chi connectivity index (χ0v) is 16.3. The molecule has 0 saturated carbocycles. The van der Waals surface area contributed by atoms with Gasteiger partial charge in [-0.05, 0) is 32.2 Å². The van der Waals surface area contributed by atoms with E-state index in [1.54, 1.807) is 29.8 Å². The van der Waals surface area contributed by atoms with Crippen molar-refractivity contribution in [3.63, 3.8) is 0 Å². The van der Waals surface area contributed by atoms with E-state index in [9.17, 15) is 14.7 Å². The van der Waals surface area contributed by atoms with Crippen LogP contribution in [-0.4, -0.2) is 20.6 Å². The highest BCUT2D eigenvalue weighted by Gasteiger charge is 2.30. The molecule has 3 aromatic rings. The van der Waals surface area contributed by atoms with E-state index < -0.39 is 11.4 Å². The highest BCUT2D eigenvalue weighted by atomic mass is 32.1. The lowest BCUT2D eigenvalue weighted by atomic mass is 9.93. The predicted molar refractivity (Wildman–Crippen MR) is 103 cm³/mol. The Morgan fingerprint density at radius 1 is 1.40 bits per heavy atom. The molecule has 0 amide bonds. The lowest BCUT2D eigenvalue weighted by Gasteiger charge is -2.22. The van der Waals surface area contributed by atoms with Gasteiger partial charge < -0.3 is 5.11 Å². The highest BCUT2D eigenvalue weighted by Crippen LogP contribution is 2.38. The molecule has 7 heteroatoms. The number of nitrogens with zero attached hydrogens (tertiary/aromatic N) is 2. The number of aryl methyl sites for hydroxylation is 2. The molecule has 0 atom stereocenters. The van der Waals surface area contributed by atoms with Crippen LogP contribution in [0.3, 0.4) is 0 Å². The molecular weight excluding hydrogens is 356 g/mol. The third-order valence-electron chi connectivity index (χ3n) is 4.28. The molecule has 0 aromatic carbocycles. The molecule has 0 aliphatic heterocycles. The van der Waals surface area contributed by atoms with E-state index in [-0.39, 0.29) is 12.1 Å². The number of hydrogen-bond acceptors (Lipinski definition) is 5. The molecule has 0 bridgehead atoms. The standard InChI is InChI=1S/C18H20N2O3S2/c1-5-12-19-15-14(13(10(2)25-15)11-7-6-8-24-11)16(21)20(12)9-18(3,4)17(22)23/h6-8H,5,9H2,1-4H3,(H,22,23). The Hall–Kier alpha value is -1.99. The molecule has 0 aliphatic carbocycles. The second-order valence-corrected chi connectivity index (χ2v) is 8.80. The second-order valence-electron chi connectivity index (χ2n) is 6.65. The minimum atomic E-state index is -1.04. The Kier molecular flexibility index (Phi) is 4.55. The van der Waals surface area contributed by atoms with Gasteiger partial charge in [0.15, 0.2) is 0 Å². The van der Waals surface area contributed by atoms with Crippen LogP contribution in [0.15, 0.2) is 22.3 Å².